The molecule has 22 nitrogen and oxygen atoms in total. The predicted octanol–water partition coefficient (Wildman–Crippen LogP) is -9.11. The molecule has 14 N–H and O–H groups in total. The van der Waals surface area contributed by atoms with Crippen LogP contribution in [0.5, 0.6) is 0 Å². The summed E-state index contributed by atoms with van der Waals surface area (Å²) in [6.07, 6.45) is -25.5. The molecule has 0 aromatic carbocycles. The molecule has 0 radical (unpaired) electrons. The number of carboxylic acid groups (broad SMARTS) is 1. The molecule has 22 heteroatoms. The molecule has 0 bridgehead atoms. The van der Waals surface area contributed by atoms with Crippen molar-refractivity contribution in [3.05, 3.63) is 0 Å². The largest absolute Gasteiger partial charge is 0.477 e. The maximum atomic E-state index is 12.5. The van der Waals surface area contributed by atoms with E-state index < -0.39 is 148 Å². The molecule has 3 saturated heterocycles. The van der Waals surface area contributed by atoms with Gasteiger partial charge in [0.15, 0.2) is 12.6 Å². The van der Waals surface area contributed by atoms with Crippen molar-refractivity contribution in [1.82, 2.24) is 10.6 Å². The molecule has 2 amide bonds. The molecule has 0 aliphatic carbocycles. The van der Waals surface area contributed by atoms with Crippen molar-refractivity contribution in [2.75, 3.05) is 26.4 Å². The summed E-state index contributed by atoms with van der Waals surface area (Å²) in [5, 5.41) is 126. The number of amides is 2. The summed E-state index contributed by atoms with van der Waals surface area (Å²) >= 11 is 0. The van der Waals surface area contributed by atoms with E-state index in [-0.39, 0.29) is 0 Å². The van der Waals surface area contributed by atoms with E-state index in [1.807, 2.05) is 0 Å². The second-order valence-corrected chi connectivity index (χ2v) is 11.3. The Kier molecular flexibility index (Phi) is 13.7. The lowest BCUT2D eigenvalue weighted by molar-refractivity contribution is -0.351. The third kappa shape index (κ3) is 8.69. The summed E-state index contributed by atoms with van der Waals surface area (Å²) in [7, 11) is 0. The lowest BCUT2D eigenvalue weighted by Gasteiger charge is -2.48. The number of aliphatic hydroxyl groups is 11. The molecule has 0 aromatic rings. The Morgan fingerprint density at radius 1 is 0.894 bits per heavy atom. The molecule has 0 saturated carbocycles. The zero-order valence-electron chi connectivity index (χ0n) is 24.8. The Morgan fingerprint density at radius 2 is 1.55 bits per heavy atom. The van der Waals surface area contributed by atoms with Crippen LogP contribution in [0.2, 0.25) is 0 Å². The number of carbonyl (C=O) groups is 3. The number of aliphatic hydroxyl groups excluding tert-OH is 11. The molecule has 3 aliphatic heterocycles. The van der Waals surface area contributed by atoms with E-state index in [4.69, 9.17) is 28.8 Å². The monoisotopic (exact) mass is 690 g/mol. The van der Waals surface area contributed by atoms with Crippen molar-refractivity contribution in [3.63, 3.8) is 0 Å². The lowest BCUT2D eigenvalue weighted by atomic mass is 9.88. The minimum Gasteiger partial charge on any atom is -0.477 e. The fourth-order valence-corrected chi connectivity index (χ4v) is 5.45. The third-order valence-electron chi connectivity index (χ3n) is 7.97. The van der Waals surface area contributed by atoms with E-state index in [0.29, 0.717) is 0 Å². The minimum atomic E-state index is -2.91. The number of hydrogen-bond donors (Lipinski definition) is 14. The fourth-order valence-electron chi connectivity index (χ4n) is 5.45. The van der Waals surface area contributed by atoms with Gasteiger partial charge in [-0.3, -0.25) is 9.59 Å². The second kappa shape index (κ2) is 16.4. The first-order valence-electron chi connectivity index (χ1n) is 14.4. The molecule has 272 valence electrons. The maximum absolute atomic E-state index is 12.5. The normalized spacial score (nSPS) is 42.3. The van der Waals surface area contributed by atoms with Crippen molar-refractivity contribution in [3.8, 4) is 0 Å². The molecule has 0 spiro atoms. The highest BCUT2D eigenvalue weighted by atomic mass is 16.7. The van der Waals surface area contributed by atoms with Gasteiger partial charge in [0.25, 0.3) is 5.79 Å². The second-order valence-electron chi connectivity index (χ2n) is 11.3. The number of aliphatic carboxylic acids is 1. The molecule has 3 unspecified atom stereocenters. The molecular weight excluding hydrogens is 648 g/mol. The van der Waals surface area contributed by atoms with Gasteiger partial charge in [-0.25, -0.2) is 4.79 Å². The summed E-state index contributed by atoms with van der Waals surface area (Å²) in [5.41, 5.74) is 0. The van der Waals surface area contributed by atoms with Crippen LogP contribution in [0.15, 0.2) is 0 Å². The van der Waals surface area contributed by atoms with E-state index in [1.54, 1.807) is 0 Å². The number of hydrogen-bond acceptors (Lipinski definition) is 19. The maximum Gasteiger partial charge on any atom is 0.364 e. The number of rotatable bonds is 13. The van der Waals surface area contributed by atoms with E-state index in [2.05, 4.69) is 10.6 Å². The smallest absolute Gasteiger partial charge is 0.364 e. The topological polar surface area (TPSA) is 364 Å². The van der Waals surface area contributed by atoms with E-state index in [1.165, 1.54) is 0 Å². The molecule has 16 atom stereocenters. The summed E-state index contributed by atoms with van der Waals surface area (Å²) in [6, 6.07) is -3.24. The van der Waals surface area contributed by atoms with Gasteiger partial charge in [0.05, 0.1) is 32.0 Å². The highest BCUT2D eigenvalue weighted by Crippen LogP contribution is 2.35. The van der Waals surface area contributed by atoms with Crippen molar-refractivity contribution < 1.29 is 99.3 Å². The van der Waals surface area contributed by atoms with Crippen LogP contribution >= 0.6 is 0 Å². The average Bonchev–Trinajstić information content (AvgIpc) is 3.03. The zero-order chi connectivity index (χ0) is 35.4. The van der Waals surface area contributed by atoms with Gasteiger partial charge in [0, 0.05) is 13.3 Å². The summed E-state index contributed by atoms with van der Waals surface area (Å²) < 4.78 is 27.1. The number of nitrogens with one attached hydrogen (secondary N) is 2. The van der Waals surface area contributed by atoms with E-state index in [9.17, 15) is 70.6 Å². The quantitative estimate of drug-likeness (QED) is 0.0852. The summed E-state index contributed by atoms with van der Waals surface area (Å²) in [4.78, 5) is 36.2. The Bertz CT molecular complexity index is 1070. The Labute approximate surface area is 265 Å². The van der Waals surface area contributed by atoms with Crippen LogP contribution in [0.25, 0.3) is 0 Å². The lowest BCUT2D eigenvalue weighted by Crippen LogP contribution is -2.69. The van der Waals surface area contributed by atoms with Crippen LogP contribution in [0, 0.1) is 0 Å². The van der Waals surface area contributed by atoms with Gasteiger partial charge in [-0.2, -0.15) is 0 Å². The fraction of sp³-hybridized carbons (Fsp3) is 0.880. The zero-order valence-corrected chi connectivity index (χ0v) is 24.8. The molecular formula is C25H42N2O20. The first kappa shape index (κ1) is 39.2. The first-order chi connectivity index (χ1) is 22.0. The molecule has 0 aromatic heterocycles. The minimum absolute atomic E-state index is 0.756. The Hall–Kier alpha value is -2.23. The molecule has 47 heavy (non-hydrogen) atoms. The van der Waals surface area contributed by atoms with Gasteiger partial charge in [-0.15, -0.1) is 0 Å². The van der Waals surface area contributed by atoms with Crippen LogP contribution in [-0.4, -0.2) is 203 Å². The van der Waals surface area contributed by atoms with Gasteiger partial charge in [0.1, 0.15) is 73.7 Å². The van der Waals surface area contributed by atoms with Crippen LogP contribution in [0.3, 0.4) is 0 Å². The van der Waals surface area contributed by atoms with Crippen LogP contribution in [0.1, 0.15) is 13.3 Å². The van der Waals surface area contributed by atoms with Crippen LogP contribution in [-0.2, 0) is 38.1 Å². The Morgan fingerprint density at radius 3 is 2.11 bits per heavy atom. The van der Waals surface area contributed by atoms with E-state index >= 15 is 0 Å². The highest BCUT2D eigenvalue weighted by molar-refractivity contribution is 5.78. The molecule has 3 rings (SSSR count). The number of carbonyl (C=O) groups excluding carboxylic acids is 2. The van der Waals surface area contributed by atoms with Crippen molar-refractivity contribution in [2.45, 2.75) is 111 Å². The predicted molar refractivity (Wildman–Crippen MR) is 143 cm³/mol. The molecule has 3 heterocycles. The van der Waals surface area contributed by atoms with Crippen molar-refractivity contribution in [1.29, 1.82) is 0 Å². The van der Waals surface area contributed by atoms with Crippen LogP contribution in [0.4, 0.5) is 0 Å². The van der Waals surface area contributed by atoms with Gasteiger partial charge >= 0.3 is 5.97 Å². The summed E-state index contributed by atoms with van der Waals surface area (Å²) in [5.74, 6) is -6.66. The highest BCUT2D eigenvalue weighted by Gasteiger charge is 2.57. The molecule has 3 fully saturated rings. The standard InChI is InChI=1S/C25H42N2O20/c1-7(31)26-14-20(46-23-19(39)18(38)16(36)10(4-29)45-23)17(37)11(44-22(14)40)6-43-25(24(41)42)2-8(32)13(27-12(34)5-30)21(47-25)15(35)9(33)3-28/h8-11,13-23,28-30,32-33,35-40H,2-6H2,1H3,(H,26,31)(H,27,34)(H,41,42)/t8-,9+,10+,11+,13+,14+,15+,16-,17-,18-,19+,20+,21+,22?,23?,25?/m0/s1. The van der Waals surface area contributed by atoms with Gasteiger partial charge in [-0.1, -0.05) is 0 Å². The Balaban J connectivity index is 1.88. The van der Waals surface area contributed by atoms with Crippen molar-refractivity contribution >= 4 is 17.8 Å². The van der Waals surface area contributed by atoms with E-state index in [0.717, 1.165) is 6.92 Å². The average molecular weight is 691 g/mol. The van der Waals surface area contributed by atoms with Crippen molar-refractivity contribution in [2.24, 2.45) is 0 Å². The van der Waals surface area contributed by atoms with Gasteiger partial charge < -0.3 is 95.6 Å². The number of ether oxygens (including phenoxy) is 5. The van der Waals surface area contributed by atoms with Gasteiger partial charge in [0.2, 0.25) is 11.8 Å². The number of carboxylic acids is 1. The van der Waals surface area contributed by atoms with Crippen LogP contribution < -0.4 is 10.6 Å². The first-order valence-corrected chi connectivity index (χ1v) is 14.4. The molecule has 3 aliphatic rings. The summed E-state index contributed by atoms with van der Waals surface area (Å²) in [6.45, 7) is -2.95. The third-order valence-corrected chi connectivity index (χ3v) is 7.97. The SMILES string of the molecule is CC(=O)N[C@H]1C(O)O[C@H](COC2(C(=O)O)C[C@H](O)[C@@H](NC(=O)CO)[C@H]([C@H](O)[C@H](O)CO)O2)[C@H](O)[C@@H]1OC1O[C@H](CO)[C@H](O)[C@H](O)[C@H]1O. The van der Waals surface area contributed by atoms with Gasteiger partial charge in [-0.05, 0) is 0 Å².